The van der Waals surface area contributed by atoms with Gasteiger partial charge < -0.3 is 15.3 Å². The summed E-state index contributed by atoms with van der Waals surface area (Å²) in [6, 6.07) is -0.206. The number of carbonyl (C=O) groups excluding carboxylic acids is 1. The Morgan fingerprint density at radius 1 is 1.47 bits per heavy atom. The molecule has 0 aromatic rings. The molecule has 0 spiro atoms. The highest BCUT2D eigenvalue weighted by Gasteiger charge is 2.46. The first kappa shape index (κ1) is 12.2. The summed E-state index contributed by atoms with van der Waals surface area (Å²) < 4.78 is 0. The Labute approximate surface area is 101 Å². The fourth-order valence-electron chi connectivity index (χ4n) is 2.56. The monoisotopic (exact) mass is 240 g/mol. The van der Waals surface area contributed by atoms with Crippen LogP contribution in [0.2, 0.25) is 0 Å². The van der Waals surface area contributed by atoms with Crippen molar-refractivity contribution < 1.29 is 14.7 Å². The van der Waals surface area contributed by atoms with Crippen molar-refractivity contribution in [3.05, 3.63) is 0 Å². The fourth-order valence-corrected chi connectivity index (χ4v) is 2.56. The molecule has 1 unspecified atom stereocenters. The zero-order chi connectivity index (χ0) is 12.5. The smallest absolute Gasteiger partial charge is 0.329 e. The molecule has 0 bridgehead atoms. The van der Waals surface area contributed by atoms with Crippen LogP contribution in [-0.2, 0) is 4.79 Å². The third kappa shape index (κ3) is 2.23. The van der Waals surface area contributed by atoms with Gasteiger partial charge in [-0.2, -0.15) is 0 Å². The van der Waals surface area contributed by atoms with Gasteiger partial charge in [-0.15, -0.1) is 0 Å². The van der Waals surface area contributed by atoms with Gasteiger partial charge in [0, 0.05) is 13.1 Å². The van der Waals surface area contributed by atoms with E-state index in [4.69, 9.17) is 5.11 Å². The SMILES string of the molecule is CCC1CCN(C(=O)NC2(C(=O)O)CCC2)C1. The van der Waals surface area contributed by atoms with E-state index in [1.807, 2.05) is 0 Å². The van der Waals surface area contributed by atoms with Gasteiger partial charge in [-0.05, 0) is 31.6 Å². The first-order chi connectivity index (χ1) is 8.07. The molecule has 1 saturated heterocycles. The number of amides is 2. The van der Waals surface area contributed by atoms with E-state index >= 15 is 0 Å². The largest absolute Gasteiger partial charge is 0.480 e. The zero-order valence-corrected chi connectivity index (χ0v) is 10.2. The maximum absolute atomic E-state index is 12.0. The highest BCUT2D eigenvalue weighted by Crippen LogP contribution is 2.32. The van der Waals surface area contributed by atoms with Crippen LogP contribution >= 0.6 is 0 Å². The minimum atomic E-state index is -0.985. The van der Waals surface area contributed by atoms with Gasteiger partial charge in [0.1, 0.15) is 5.54 Å². The van der Waals surface area contributed by atoms with Crippen molar-refractivity contribution in [3.63, 3.8) is 0 Å². The molecule has 0 aromatic carbocycles. The van der Waals surface area contributed by atoms with Gasteiger partial charge in [-0.3, -0.25) is 0 Å². The van der Waals surface area contributed by atoms with Gasteiger partial charge in [0.15, 0.2) is 0 Å². The molecule has 1 aliphatic heterocycles. The molecule has 2 fully saturated rings. The number of carbonyl (C=O) groups is 2. The molecule has 0 radical (unpaired) electrons. The first-order valence-electron chi connectivity index (χ1n) is 6.38. The number of hydrogen-bond acceptors (Lipinski definition) is 2. The molecule has 0 aromatic heterocycles. The lowest BCUT2D eigenvalue weighted by molar-refractivity contribution is -0.148. The van der Waals surface area contributed by atoms with Crippen molar-refractivity contribution >= 4 is 12.0 Å². The Balaban J connectivity index is 1.91. The molecule has 1 aliphatic carbocycles. The van der Waals surface area contributed by atoms with E-state index in [0.717, 1.165) is 32.4 Å². The van der Waals surface area contributed by atoms with Crippen LogP contribution in [0.4, 0.5) is 4.79 Å². The minimum absolute atomic E-state index is 0.206. The van der Waals surface area contributed by atoms with Crippen molar-refractivity contribution in [1.82, 2.24) is 10.2 Å². The lowest BCUT2D eigenvalue weighted by atomic mass is 9.77. The molecule has 2 N–H and O–H groups in total. The molecule has 5 heteroatoms. The number of hydrogen-bond donors (Lipinski definition) is 2. The second-order valence-corrected chi connectivity index (χ2v) is 5.18. The predicted molar refractivity (Wildman–Crippen MR) is 62.7 cm³/mol. The molecule has 2 amide bonds. The number of rotatable bonds is 3. The maximum atomic E-state index is 12.0. The number of nitrogens with zero attached hydrogens (tertiary/aromatic N) is 1. The lowest BCUT2D eigenvalue weighted by Gasteiger charge is -2.39. The molecule has 1 atom stereocenters. The Bertz CT molecular complexity index is 326. The van der Waals surface area contributed by atoms with Crippen LogP contribution in [0.1, 0.15) is 39.0 Å². The van der Waals surface area contributed by atoms with Crippen LogP contribution in [0.25, 0.3) is 0 Å². The van der Waals surface area contributed by atoms with Crippen molar-refractivity contribution in [3.8, 4) is 0 Å². The zero-order valence-electron chi connectivity index (χ0n) is 10.2. The lowest BCUT2D eigenvalue weighted by Crippen LogP contribution is -2.61. The van der Waals surface area contributed by atoms with Crippen molar-refractivity contribution in [2.45, 2.75) is 44.6 Å². The Morgan fingerprint density at radius 3 is 2.59 bits per heavy atom. The molecule has 2 aliphatic rings. The summed E-state index contributed by atoms with van der Waals surface area (Å²) in [5, 5.41) is 11.8. The van der Waals surface area contributed by atoms with Crippen LogP contribution in [0.3, 0.4) is 0 Å². The van der Waals surface area contributed by atoms with E-state index < -0.39 is 11.5 Å². The standard InChI is InChI=1S/C12H20N2O3/c1-2-9-4-7-14(8-9)11(17)13-12(10(15)16)5-3-6-12/h9H,2-8H2,1H3,(H,13,17)(H,15,16). The molecule has 17 heavy (non-hydrogen) atoms. The number of carboxylic acid groups (broad SMARTS) is 1. The number of likely N-dealkylation sites (tertiary alicyclic amines) is 1. The fraction of sp³-hybridized carbons (Fsp3) is 0.833. The van der Waals surface area contributed by atoms with E-state index in [1.54, 1.807) is 4.90 Å². The van der Waals surface area contributed by atoms with Crippen LogP contribution in [-0.4, -0.2) is 40.6 Å². The summed E-state index contributed by atoms with van der Waals surface area (Å²) in [6.07, 6.45) is 4.10. The minimum Gasteiger partial charge on any atom is -0.480 e. The second-order valence-electron chi connectivity index (χ2n) is 5.18. The molecule has 5 nitrogen and oxygen atoms in total. The average molecular weight is 240 g/mol. The molecule has 2 rings (SSSR count). The van der Waals surface area contributed by atoms with Crippen LogP contribution in [0.15, 0.2) is 0 Å². The number of carboxylic acids is 1. The highest BCUT2D eigenvalue weighted by atomic mass is 16.4. The number of urea groups is 1. The molecule has 1 heterocycles. The van der Waals surface area contributed by atoms with Crippen LogP contribution in [0.5, 0.6) is 0 Å². The quantitative estimate of drug-likeness (QED) is 0.784. The van der Waals surface area contributed by atoms with Crippen molar-refractivity contribution in [1.29, 1.82) is 0 Å². The highest BCUT2D eigenvalue weighted by molar-refractivity contribution is 5.87. The summed E-state index contributed by atoms with van der Waals surface area (Å²) in [5.41, 5.74) is -0.985. The van der Waals surface area contributed by atoms with Crippen LogP contribution in [0, 0.1) is 5.92 Å². The van der Waals surface area contributed by atoms with E-state index in [1.165, 1.54) is 0 Å². The summed E-state index contributed by atoms with van der Waals surface area (Å²) in [4.78, 5) is 24.9. The van der Waals surface area contributed by atoms with Gasteiger partial charge in [0.25, 0.3) is 0 Å². The normalized spacial score (nSPS) is 26.4. The van der Waals surface area contributed by atoms with Gasteiger partial charge in [-0.1, -0.05) is 13.3 Å². The van der Waals surface area contributed by atoms with Gasteiger partial charge in [-0.25, -0.2) is 9.59 Å². The summed E-state index contributed by atoms with van der Waals surface area (Å²) in [5.74, 6) is -0.328. The topological polar surface area (TPSA) is 69.6 Å². The average Bonchev–Trinajstić information content (AvgIpc) is 2.71. The summed E-state index contributed by atoms with van der Waals surface area (Å²) in [6.45, 7) is 3.63. The molecule has 1 saturated carbocycles. The second kappa shape index (κ2) is 4.55. The maximum Gasteiger partial charge on any atom is 0.329 e. The van der Waals surface area contributed by atoms with E-state index in [2.05, 4.69) is 12.2 Å². The number of aliphatic carboxylic acids is 1. The van der Waals surface area contributed by atoms with Crippen molar-refractivity contribution in [2.24, 2.45) is 5.92 Å². The molecule has 96 valence electrons. The predicted octanol–water partition coefficient (Wildman–Crippen LogP) is 1.44. The molecular formula is C12H20N2O3. The van der Waals surface area contributed by atoms with Gasteiger partial charge in [0.2, 0.25) is 0 Å². The number of nitrogens with one attached hydrogen (secondary N) is 1. The Hall–Kier alpha value is -1.26. The Morgan fingerprint density at radius 2 is 2.18 bits per heavy atom. The van der Waals surface area contributed by atoms with E-state index in [9.17, 15) is 9.59 Å². The summed E-state index contributed by atoms with van der Waals surface area (Å²) in [7, 11) is 0. The van der Waals surface area contributed by atoms with E-state index in [-0.39, 0.29) is 6.03 Å². The van der Waals surface area contributed by atoms with E-state index in [0.29, 0.717) is 18.8 Å². The van der Waals surface area contributed by atoms with Crippen molar-refractivity contribution in [2.75, 3.05) is 13.1 Å². The first-order valence-corrected chi connectivity index (χ1v) is 6.38. The van der Waals surface area contributed by atoms with Crippen LogP contribution < -0.4 is 5.32 Å². The summed E-state index contributed by atoms with van der Waals surface area (Å²) >= 11 is 0. The van der Waals surface area contributed by atoms with Gasteiger partial charge in [0.05, 0.1) is 0 Å². The molecular weight excluding hydrogens is 220 g/mol. The Kier molecular flexibility index (Phi) is 3.26. The third-order valence-corrected chi connectivity index (χ3v) is 4.11. The van der Waals surface area contributed by atoms with Gasteiger partial charge >= 0.3 is 12.0 Å². The third-order valence-electron chi connectivity index (χ3n) is 4.11.